The summed E-state index contributed by atoms with van der Waals surface area (Å²) in [6.07, 6.45) is 4.55. The van der Waals surface area contributed by atoms with Crippen molar-refractivity contribution in [2.45, 2.75) is 19.5 Å². The second kappa shape index (κ2) is 7.43. The molecule has 0 atom stereocenters. The highest BCUT2D eigenvalue weighted by molar-refractivity contribution is 7.16. The number of nitrogens with two attached hydrogens (primary N) is 1. The van der Waals surface area contributed by atoms with E-state index in [2.05, 4.69) is 22.0 Å². The molecule has 5 heteroatoms. The monoisotopic (exact) mass is 399 g/mol. The van der Waals surface area contributed by atoms with Crippen LogP contribution in [0, 0.1) is 0 Å². The lowest BCUT2D eigenvalue weighted by molar-refractivity contribution is 0.103. The van der Waals surface area contributed by atoms with Crippen LogP contribution in [0.5, 0.6) is 0 Å². The van der Waals surface area contributed by atoms with Gasteiger partial charge in [0.2, 0.25) is 0 Å². The fourth-order valence-electron chi connectivity index (χ4n) is 4.09. The molecule has 0 fully saturated rings. The van der Waals surface area contributed by atoms with Gasteiger partial charge in [-0.05, 0) is 40.5 Å². The molecule has 1 aliphatic rings. The largest absolute Gasteiger partial charge is 0.390 e. The van der Waals surface area contributed by atoms with Gasteiger partial charge in [0.15, 0.2) is 5.78 Å². The number of thiophene rings is 1. The van der Waals surface area contributed by atoms with Crippen LogP contribution in [0.15, 0.2) is 67.0 Å². The van der Waals surface area contributed by atoms with Crippen LogP contribution >= 0.6 is 11.3 Å². The Morgan fingerprint density at radius 2 is 1.97 bits per heavy atom. The van der Waals surface area contributed by atoms with Crippen molar-refractivity contribution in [1.29, 1.82) is 0 Å². The predicted octanol–water partition coefficient (Wildman–Crippen LogP) is 4.67. The van der Waals surface area contributed by atoms with Crippen LogP contribution in [0.25, 0.3) is 10.8 Å². The van der Waals surface area contributed by atoms with Gasteiger partial charge in [-0.1, -0.05) is 42.5 Å². The maximum absolute atomic E-state index is 13.3. The summed E-state index contributed by atoms with van der Waals surface area (Å²) < 4.78 is 0. The maximum Gasteiger partial charge on any atom is 0.196 e. The molecule has 2 aromatic heterocycles. The number of fused-ring (bicyclic) bond motifs is 2. The number of rotatable bonds is 4. The van der Waals surface area contributed by atoms with Gasteiger partial charge in [0.1, 0.15) is 0 Å². The highest BCUT2D eigenvalue weighted by Crippen LogP contribution is 2.37. The molecule has 4 aromatic rings. The number of nitrogen functional groups attached to an aromatic ring is 1. The van der Waals surface area contributed by atoms with E-state index < -0.39 is 0 Å². The van der Waals surface area contributed by atoms with Crippen molar-refractivity contribution in [3.05, 3.63) is 94.1 Å². The van der Waals surface area contributed by atoms with Gasteiger partial charge in [0.05, 0.1) is 10.6 Å². The first-order valence-corrected chi connectivity index (χ1v) is 10.6. The number of carbonyl (C=O) groups excluding carboxylic acids is 1. The summed E-state index contributed by atoms with van der Waals surface area (Å²) in [4.78, 5) is 21.1. The Kier molecular flexibility index (Phi) is 4.62. The zero-order chi connectivity index (χ0) is 19.8. The number of hydrogen-bond acceptors (Lipinski definition) is 5. The zero-order valence-corrected chi connectivity index (χ0v) is 16.8. The van der Waals surface area contributed by atoms with Gasteiger partial charge in [-0.3, -0.25) is 14.7 Å². The van der Waals surface area contributed by atoms with Crippen LogP contribution in [-0.4, -0.2) is 22.2 Å². The summed E-state index contributed by atoms with van der Waals surface area (Å²) in [7, 11) is 0. The second-order valence-corrected chi connectivity index (χ2v) is 8.59. The average molecular weight is 400 g/mol. The lowest BCUT2D eigenvalue weighted by Crippen LogP contribution is -2.29. The molecular formula is C24H21N3OS. The molecule has 29 heavy (non-hydrogen) atoms. The summed E-state index contributed by atoms with van der Waals surface area (Å²) in [5, 5.41) is 2.84. The Balaban J connectivity index is 1.43. The number of pyridine rings is 1. The number of benzene rings is 2. The smallest absolute Gasteiger partial charge is 0.196 e. The molecule has 0 saturated carbocycles. The molecule has 144 valence electrons. The van der Waals surface area contributed by atoms with Crippen molar-refractivity contribution in [2.24, 2.45) is 0 Å². The number of ketones is 1. The molecule has 0 unspecified atom stereocenters. The number of anilines is 1. The average Bonchev–Trinajstić information content (AvgIpc) is 3.08. The maximum atomic E-state index is 13.3. The molecule has 0 spiro atoms. The van der Waals surface area contributed by atoms with Gasteiger partial charge >= 0.3 is 0 Å². The molecule has 0 aliphatic carbocycles. The van der Waals surface area contributed by atoms with Gasteiger partial charge in [0, 0.05) is 42.5 Å². The van der Waals surface area contributed by atoms with Crippen molar-refractivity contribution >= 4 is 32.9 Å². The SMILES string of the molecule is Nc1sc2c(c1C(=O)c1ccc3ccccc3c1)CCN(Cc1cccnc1)C2. The molecule has 2 aromatic carbocycles. The van der Waals surface area contributed by atoms with E-state index in [0.29, 0.717) is 16.1 Å². The molecule has 3 heterocycles. The van der Waals surface area contributed by atoms with Crippen LogP contribution in [0.4, 0.5) is 5.00 Å². The van der Waals surface area contributed by atoms with Gasteiger partial charge in [-0.2, -0.15) is 0 Å². The zero-order valence-electron chi connectivity index (χ0n) is 16.0. The Morgan fingerprint density at radius 3 is 2.79 bits per heavy atom. The number of aromatic nitrogens is 1. The van der Waals surface area contributed by atoms with Crippen molar-refractivity contribution in [3.8, 4) is 0 Å². The van der Waals surface area contributed by atoms with Crippen LogP contribution in [0.3, 0.4) is 0 Å². The molecular weight excluding hydrogens is 378 g/mol. The molecule has 4 nitrogen and oxygen atoms in total. The summed E-state index contributed by atoms with van der Waals surface area (Å²) in [6.45, 7) is 2.60. The lowest BCUT2D eigenvalue weighted by atomic mass is 9.95. The molecule has 5 rings (SSSR count). The Labute approximate surface area is 173 Å². The van der Waals surface area contributed by atoms with E-state index in [4.69, 9.17) is 5.73 Å². The van der Waals surface area contributed by atoms with E-state index in [1.165, 1.54) is 10.4 Å². The summed E-state index contributed by atoms with van der Waals surface area (Å²) in [5.74, 6) is 0.0338. The lowest BCUT2D eigenvalue weighted by Gasteiger charge is -2.27. The third kappa shape index (κ3) is 3.43. The molecule has 0 saturated heterocycles. The number of nitrogens with zero attached hydrogens (tertiary/aromatic N) is 2. The second-order valence-electron chi connectivity index (χ2n) is 7.46. The van der Waals surface area contributed by atoms with Gasteiger partial charge in [-0.25, -0.2) is 0 Å². The highest BCUT2D eigenvalue weighted by Gasteiger charge is 2.27. The Bertz CT molecular complexity index is 1200. The third-order valence-corrected chi connectivity index (χ3v) is 6.58. The van der Waals surface area contributed by atoms with Gasteiger partial charge in [0.25, 0.3) is 0 Å². The van der Waals surface area contributed by atoms with Crippen LogP contribution < -0.4 is 5.73 Å². The van der Waals surface area contributed by atoms with Crippen molar-refractivity contribution in [1.82, 2.24) is 9.88 Å². The van der Waals surface area contributed by atoms with E-state index in [-0.39, 0.29) is 5.78 Å². The van der Waals surface area contributed by atoms with Crippen molar-refractivity contribution in [2.75, 3.05) is 12.3 Å². The van der Waals surface area contributed by atoms with E-state index in [9.17, 15) is 4.79 Å². The minimum Gasteiger partial charge on any atom is -0.390 e. The quantitative estimate of drug-likeness (QED) is 0.507. The van der Waals surface area contributed by atoms with E-state index in [1.807, 2.05) is 48.7 Å². The number of hydrogen-bond donors (Lipinski definition) is 1. The van der Waals surface area contributed by atoms with Crippen molar-refractivity contribution in [3.63, 3.8) is 0 Å². The number of carbonyl (C=O) groups is 1. The topological polar surface area (TPSA) is 59.2 Å². The Morgan fingerprint density at radius 1 is 1.10 bits per heavy atom. The first kappa shape index (κ1) is 18.0. The molecule has 0 amide bonds. The van der Waals surface area contributed by atoms with Crippen molar-refractivity contribution < 1.29 is 4.79 Å². The van der Waals surface area contributed by atoms with Gasteiger partial charge in [-0.15, -0.1) is 11.3 Å². The minimum atomic E-state index is 0.0338. The molecule has 0 radical (unpaired) electrons. The Hall–Kier alpha value is -3.02. The fraction of sp³-hybridized carbons (Fsp3) is 0.167. The van der Waals surface area contributed by atoms with Gasteiger partial charge < -0.3 is 5.73 Å². The summed E-state index contributed by atoms with van der Waals surface area (Å²) in [5.41, 5.74) is 10.1. The van der Waals surface area contributed by atoms with Crippen LogP contribution in [0.1, 0.15) is 31.9 Å². The predicted molar refractivity (Wildman–Crippen MR) is 118 cm³/mol. The van der Waals surface area contributed by atoms with E-state index in [0.717, 1.165) is 42.4 Å². The minimum absolute atomic E-state index is 0.0338. The standard InChI is InChI=1S/C24H21N3OS/c25-24-22(23(28)19-8-7-17-5-1-2-6-18(17)12-19)20-9-11-27(15-21(20)29-24)14-16-4-3-10-26-13-16/h1-8,10,12-13H,9,11,14-15,25H2. The molecule has 2 N–H and O–H groups in total. The molecule has 0 bridgehead atoms. The van der Waals surface area contributed by atoms with Crippen LogP contribution in [0.2, 0.25) is 0 Å². The normalized spacial score (nSPS) is 14.1. The molecule has 1 aliphatic heterocycles. The summed E-state index contributed by atoms with van der Waals surface area (Å²) >= 11 is 1.56. The third-order valence-electron chi connectivity index (χ3n) is 5.53. The summed E-state index contributed by atoms with van der Waals surface area (Å²) in [6, 6.07) is 18.0. The van der Waals surface area contributed by atoms with Crippen LogP contribution in [-0.2, 0) is 19.5 Å². The van der Waals surface area contributed by atoms with E-state index >= 15 is 0 Å². The first-order chi connectivity index (χ1) is 14.2. The van der Waals surface area contributed by atoms with E-state index in [1.54, 1.807) is 17.5 Å². The first-order valence-electron chi connectivity index (χ1n) is 9.74. The fourth-order valence-corrected chi connectivity index (χ4v) is 5.24. The highest BCUT2D eigenvalue weighted by atomic mass is 32.1.